The number of nitriles is 1. The third-order valence-electron chi connectivity index (χ3n) is 17.0. The van der Waals surface area contributed by atoms with E-state index in [1.54, 1.807) is 6.26 Å². The second-order valence-corrected chi connectivity index (χ2v) is 24.3. The number of rotatable bonds is 12. The number of alkyl halides is 1. The summed E-state index contributed by atoms with van der Waals surface area (Å²) in [7, 11) is 6.00. The molecule has 0 radical (unpaired) electrons. The van der Waals surface area contributed by atoms with E-state index in [1.165, 1.54) is 95.1 Å². The van der Waals surface area contributed by atoms with Crippen LogP contribution in [0.2, 0.25) is 0 Å². The highest BCUT2D eigenvalue weighted by Gasteiger charge is 2.23. The minimum Gasteiger partial charge on any atom is -0.464 e. The Hall–Kier alpha value is -7.60. The van der Waals surface area contributed by atoms with Gasteiger partial charge in [0.15, 0.2) is 0 Å². The molecule has 0 spiro atoms. The number of aliphatic hydroxyl groups is 6. The fourth-order valence-electron chi connectivity index (χ4n) is 10.0. The summed E-state index contributed by atoms with van der Waals surface area (Å²) in [4.78, 5) is 3.30. The lowest BCUT2D eigenvalue weighted by molar-refractivity contribution is 0.399. The molecule has 514 valence electrons. The Balaban J connectivity index is 0.000000555. The number of H-pyrrole nitrogens is 1. The molecule has 0 fully saturated rings. The second-order valence-electron chi connectivity index (χ2n) is 22.5. The molecule has 4 aromatic heterocycles. The Morgan fingerprint density at radius 3 is 1.47 bits per heavy atom. The smallest absolute Gasteiger partial charge is 0.135 e. The van der Waals surface area contributed by atoms with E-state index in [0.717, 1.165) is 84.2 Å². The van der Waals surface area contributed by atoms with Crippen molar-refractivity contribution in [3.63, 3.8) is 0 Å². The summed E-state index contributed by atoms with van der Waals surface area (Å²) in [6.07, 6.45) is 8.28. The van der Waals surface area contributed by atoms with Crippen LogP contribution in [-0.2, 0) is 10.3 Å². The van der Waals surface area contributed by atoms with Crippen molar-refractivity contribution in [3.8, 4) is 6.07 Å². The molecular weight excluding hydrogens is 1220 g/mol. The first-order valence-corrected chi connectivity index (χ1v) is 34.1. The van der Waals surface area contributed by atoms with Crippen molar-refractivity contribution in [1.29, 1.82) is 5.26 Å². The summed E-state index contributed by atoms with van der Waals surface area (Å²) in [5.41, 5.74) is 13.1. The zero-order chi connectivity index (χ0) is 71.5. The topological polar surface area (TPSA) is 187 Å². The highest BCUT2D eigenvalue weighted by atomic mass is 35.5. The van der Waals surface area contributed by atoms with Gasteiger partial charge in [-0.25, -0.2) is 0 Å². The van der Waals surface area contributed by atoms with Gasteiger partial charge in [0.25, 0.3) is 0 Å². The van der Waals surface area contributed by atoms with Gasteiger partial charge in [-0.15, -0.1) is 22.9 Å². The zero-order valence-electron chi connectivity index (χ0n) is 59.9. The van der Waals surface area contributed by atoms with E-state index in [9.17, 15) is 0 Å². The van der Waals surface area contributed by atoms with E-state index in [1.807, 2.05) is 98.8 Å². The molecule has 95 heavy (non-hydrogen) atoms. The number of nitrogens with one attached hydrogen (secondary N) is 1. The minimum atomic E-state index is -0.318. The molecule has 0 amide bonds. The maximum Gasteiger partial charge on any atom is 0.135 e. The van der Waals surface area contributed by atoms with Crippen molar-refractivity contribution in [2.75, 3.05) is 42.7 Å². The van der Waals surface area contributed by atoms with Crippen molar-refractivity contribution in [1.82, 2.24) is 4.98 Å². The van der Waals surface area contributed by atoms with E-state index in [0.29, 0.717) is 23.7 Å². The summed E-state index contributed by atoms with van der Waals surface area (Å²) < 4.78 is 12.6. The maximum atomic E-state index is 8.99. The number of fused-ring (bicyclic) bond motifs is 8. The van der Waals surface area contributed by atoms with E-state index in [2.05, 4.69) is 206 Å². The molecule has 10 nitrogen and oxygen atoms in total. The standard InChI is InChI=1S/C16H17N.C16H16O.C12H14O.C12H14S.C11H13N.C10H13Cl.6CH4O/c1-3-11(2)12-8-6-10-15-16(12)13-7-4-5-9-14(13)17-15;1-3-11(2)12-8-9-14-13-6-4-5-7-15(13)17-16(14)10-12;1-3-9(2)11-5-4-10-6-7-13-12(10)8-11;1-3-9(2)10-4-5-12-11(8-10)6-7-13-12;1-3-11(2,9-12)10-7-5-4-6-8-10;1-3-10(2,11)9-7-5-4-6-8-9;6*1-2/h4-11,17H,3H2,1-2H3;4-11H,3H2,1-2H3;2*4-9H,3H2,1-2H3;4-8H,3H2,1-2H3;4-8H,3H2,1-2H3;6*2H,1H3. The Labute approximate surface area is 577 Å². The Kier molecular flexibility index (Phi) is 42.5. The highest BCUT2D eigenvalue weighted by Crippen LogP contribution is 2.35. The van der Waals surface area contributed by atoms with Crippen LogP contribution in [0.15, 0.2) is 215 Å². The fraction of sp³-hybridized carbons (Fsp3) is 0.361. The van der Waals surface area contributed by atoms with Crippen LogP contribution in [0, 0.1) is 11.3 Å². The second kappa shape index (κ2) is 47.3. The van der Waals surface area contributed by atoms with Crippen LogP contribution in [0.4, 0.5) is 0 Å². The van der Waals surface area contributed by atoms with Crippen LogP contribution in [-0.4, -0.2) is 78.3 Å². The quantitative estimate of drug-likeness (QED) is 0.0584. The molecule has 7 N–H and O–H groups in total. The summed E-state index contributed by atoms with van der Waals surface area (Å²) in [6.45, 7) is 26.1. The summed E-state index contributed by atoms with van der Waals surface area (Å²) in [5, 5.41) is 60.9. The lowest BCUT2D eigenvalue weighted by atomic mass is 9.82. The number of nitrogens with zero attached hydrogens (tertiary/aromatic N) is 1. The van der Waals surface area contributed by atoms with Crippen LogP contribution in [0.3, 0.4) is 0 Å². The number of para-hydroxylation sites is 2. The normalized spacial score (nSPS) is 12.5. The largest absolute Gasteiger partial charge is 0.464 e. The van der Waals surface area contributed by atoms with E-state index in [-0.39, 0.29) is 10.3 Å². The fourth-order valence-corrected chi connectivity index (χ4v) is 10.9. The van der Waals surface area contributed by atoms with Gasteiger partial charge in [-0.2, -0.15) is 5.26 Å². The first-order valence-electron chi connectivity index (χ1n) is 32.9. The van der Waals surface area contributed by atoms with Crippen molar-refractivity contribution < 1.29 is 39.5 Å². The summed E-state index contributed by atoms with van der Waals surface area (Å²) >= 11 is 8.06. The molecule has 0 saturated carbocycles. The Morgan fingerprint density at radius 2 is 0.926 bits per heavy atom. The molecular formula is C83H111ClN2O8S. The molecule has 8 aromatic carbocycles. The van der Waals surface area contributed by atoms with E-state index >= 15 is 0 Å². The zero-order valence-corrected chi connectivity index (χ0v) is 61.5. The molecule has 0 aliphatic rings. The predicted octanol–water partition coefficient (Wildman–Crippen LogP) is 22.4. The molecule has 0 saturated heterocycles. The molecule has 12 heteroatoms. The van der Waals surface area contributed by atoms with Gasteiger partial charge in [-0.1, -0.05) is 215 Å². The van der Waals surface area contributed by atoms with Gasteiger partial charge in [0.05, 0.1) is 22.6 Å². The first-order chi connectivity index (χ1) is 46.1. The Morgan fingerprint density at radius 1 is 0.453 bits per heavy atom. The van der Waals surface area contributed by atoms with Crippen LogP contribution >= 0.6 is 22.9 Å². The predicted molar refractivity (Wildman–Crippen MR) is 411 cm³/mol. The molecule has 6 atom stereocenters. The summed E-state index contributed by atoms with van der Waals surface area (Å²) in [6, 6.07) is 69.8. The maximum absolute atomic E-state index is 8.99. The van der Waals surface area contributed by atoms with E-state index in [4.69, 9.17) is 56.3 Å². The monoisotopic (exact) mass is 1330 g/mol. The number of furan rings is 2. The number of benzene rings is 8. The van der Waals surface area contributed by atoms with Gasteiger partial charge < -0.3 is 44.5 Å². The van der Waals surface area contributed by atoms with Crippen molar-refractivity contribution in [2.45, 2.75) is 156 Å². The number of aliphatic hydroxyl groups excluding tert-OH is 6. The van der Waals surface area contributed by atoms with Crippen molar-refractivity contribution in [2.24, 2.45) is 0 Å². The SMILES string of the molecule is CCC(C)(C#N)c1ccccc1.CCC(C)(Cl)c1ccccc1.CCC(C)c1ccc2c(c1)oc1ccccc12.CCC(C)c1ccc2ccoc2c1.CCC(C)c1ccc2sccc2c1.CCC(C)c1cccc2[nH]c3ccccc3c12.CO.CO.CO.CO.CO.CO. The van der Waals surface area contributed by atoms with Crippen molar-refractivity contribution in [3.05, 3.63) is 239 Å². The lowest BCUT2D eigenvalue weighted by Crippen LogP contribution is -2.17. The van der Waals surface area contributed by atoms with Gasteiger partial charge in [0.2, 0.25) is 0 Å². The highest BCUT2D eigenvalue weighted by molar-refractivity contribution is 7.17. The number of aromatic amines is 1. The number of thiophene rings is 1. The third kappa shape index (κ3) is 25.2. The molecule has 12 aromatic rings. The lowest BCUT2D eigenvalue weighted by Gasteiger charge is -2.19. The molecule has 4 heterocycles. The average molecular weight is 1330 g/mol. The number of hydrogen-bond acceptors (Lipinski definition) is 10. The first kappa shape index (κ1) is 85.4. The van der Waals surface area contributed by atoms with Crippen LogP contribution in [0.1, 0.15) is 179 Å². The number of aromatic nitrogens is 1. The van der Waals surface area contributed by atoms with Crippen LogP contribution in [0.25, 0.3) is 64.8 Å². The van der Waals surface area contributed by atoms with E-state index < -0.39 is 0 Å². The van der Waals surface area contributed by atoms with Crippen LogP contribution in [0.5, 0.6) is 0 Å². The van der Waals surface area contributed by atoms with Crippen LogP contribution < -0.4 is 0 Å². The van der Waals surface area contributed by atoms with Gasteiger partial charge >= 0.3 is 0 Å². The molecule has 0 aliphatic heterocycles. The minimum absolute atomic E-state index is 0.193. The molecule has 0 bridgehead atoms. The molecule has 0 aliphatic carbocycles. The van der Waals surface area contributed by atoms with Gasteiger partial charge in [0, 0.05) is 85.3 Å². The Bertz CT molecular complexity index is 3880. The van der Waals surface area contributed by atoms with Gasteiger partial charge in [-0.3, -0.25) is 0 Å². The number of hydrogen-bond donors (Lipinski definition) is 7. The third-order valence-corrected chi connectivity index (χ3v) is 18.4. The number of halogens is 1. The molecule has 12 rings (SSSR count). The average Bonchev–Trinajstić information content (AvgIpc) is 1.64. The van der Waals surface area contributed by atoms with Gasteiger partial charge in [-0.05, 0) is 169 Å². The molecule has 6 unspecified atom stereocenters. The van der Waals surface area contributed by atoms with Gasteiger partial charge in [0.1, 0.15) is 16.7 Å². The summed E-state index contributed by atoms with van der Waals surface area (Å²) in [5.74, 6) is 2.50. The van der Waals surface area contributed by atoms with Crippen molar-refractivity contribution >= 4 is 87.7 Å².